The first-order valence-corrected chi connectivity index (χ1v) is 17.2. The van der Waals surface area contributed by atoms with Gasteiger partial charge in [-0.1, -0.05) is 90.9 Å². The van der Waals surface area contributed by atoms with E-state index in [0.29, 0.717) is 47.2 Å². The quantitative estimate of drug-likeness (QED) is 0.0863. The molecule has 4 N–H and O–H groups in total. The molecule has 1 heterocycles. The molecule has 2 amide bonds. The zero-order valence-corrected chi connectivity index (χ0v) is 30.0. The van der Waals surface area contributed by atoms with Crippen molar-refractivity contribution in [3.8, 4) is 0 Å². The molecular weight excluding hydrogens is 598 g/mol. The number of halogens is 1. The van der Waals surface area contributed by atoms with Crippen molar-refractivity contribution in [2.24, 2.45) is 16.6 Å². The monoisotopic (exact) mass is 655 g/mol. The SMILES string of the molecule is C=C(/C=C\C(=C)C(CCC(C)C)N1C(=O)C(c2cccc(Cl)c2)=NC12CCCC(OCC)CC2)C(=O)NCC(=N)N.CC.CCC. The Balaban J connectivity index is 0.00000199. The van der Waals surface area contributed by atoms with E-state index in [2.05, 4.69) is 46.2 Å². The van der Waals surface area contributed by atoms with Crippen molar-refractivity contribution < 1.29 is 14.3 Å². The molecular formula is C37H58ClN5O3. The van der Waals surface area contributed by atoms with Crippen LogP contribution in [0.25, 0.3) is 0 Å². The van der Waals surface area contributed by atoms with Crippen LogP contribution in [0.1, 0.15) is 105 Å². The number of nitrogens with zero attached hydrogens (tertiary/aromatic N) is 2. The minimum absolute atomic E-state index is 0.0548. The number of hydrogen-bond acceptors (Lipinski definition) is 5. The predicted octanol–water partition coefficient (Wildman–Crippen LogP) is 8.00. The van der Waals surface area contributed by atoms with E-state index in [1.54, 1.807) is 24.3 Å². The zero-order chi connectivity index (χ0) is 34.9. The van der Waals surface area contributed by atoms with E-state index in [0.717, 1.165) is 32.1 Å². The summed E-state index contributed by atoms with van der Waals surface area (Å²) in [6, 6.07) is 6.95. The number of aliphatic imine (C=N–C) groups is 1. The Hall–Kier alpha value is -3.23. The van der Waals surface area contributed by atoms with Crippen molar-refractivity contribution in [3.05, 3.63) is 71.3 Å². The molecule has 1 aliphatic carbocycles. The third kappa shape index (κ3) is 12.2. The first-order chi connectivity index (χ1) is 21.9. The highest BCUT2D eigenvalue weighted by molar-refractivity contribution is 6.47. The fourth-order valence-corrected chi connectivity index (χ4v) is 5.74. The summed E-state index contributed by atoms with van der Waals surface area (Å²) in [7, 11) is 0. The van der Waals surface area contributed by atoms with Crippen molar-refractivity contribution in [3.63, 3.8) is 0 Å². The lowest BCUT2D eigenvalue weighted by molar-refractivity contribution is -0.130. The Morgan fingerprint density at radius 1 is 1.20 bits per heavy atom. The molecule has 1 spiro atoms. The lowest BCUT2D eigenvalue weighted by Gasteiger charge is -2.42. The first-order valence-electron chi connectivity index (χ1n) is 16.9. The average molecular weight is 656 g/mol. The van der Waals surface area contributed by atoms with Crippen LogP contribution in [-0.2, 0) is 14.3 Å². The molecule has 9 heteroatoms. The van der Waals surface area contributed by atoms with E-state index in [4.69, 9.17) is 32.5 Å². The average Bonchev–Trinajstić information content (AvgIpc) is 3.15. The van der Waals surface area contributed by atoms with Crippen LogP contribution in [0.2, 0.25) is 5.02 Å². The maximum absolute atomic E-state index is 14.3. The van der Waals surface area contributed by atoms with Gasteiger partial charge in [0, 0.05) is 22.8 Å². The molecule has 3 atom stereocenters. The van der Waals surface area contributed by atoms with E-state index >= 15 is 0 Å². The van der Waals surface area contributed by atoms with Gasteiger partial charge in [0.15, 0.2) is 0 Å². The molecule has 1 aromatic carbocycles. The molecule has 256 valence electrons. The van der Waals surface area contributed by atoms with Crippen LogP contribution in [-0.4, -0.2) is 59.2 Å². The molecule has 8 nitrogen and oxygen atoms in total. The number of nitrogens with one attached hydrogen (secondary N) is 2. The molecule has 46 heavy (non-hydrogen) atoms. The molecule has 0 bridgehead atoms. The Labute approximate surface area is 283 Å². The molecule has 1 aromatic rings. The molecule has 2 aliphatic rings. The fraction of sp³-hybridized carbons (Fsp3) is 0.568. The molecule has 0 saturated heterocycles. The van der Waals surface area contributed by atoms with Crippen molar-refractivity contribution in [2.45, 2.75) is 118 Å². The van der Waals surface area contributed by atoms with Gasteiger partial charge in [0.25, 0.3) is 11.8 Å². The van der Waals surface area contributed by atoms with Crippen LogP contribution < -0.4 is 11.1 Å². The normalized spacial score (nSPS) is 19.8. The van der Waals surface area contributed by atoms with Crippen molar-refractivity contribution in [1.82, 2.24) is 10.2 Å². The van der Waals surface area contributed by atoms with Gasteiger partial charge in [0.2, 0.25) is 0 Å². The van der Waals surface area contributed by atoms with Gasteiger partial charge in [-0.25, -0.2) is 0 Å². The van der Waals surface area contributed by atoms with Crippen molar-refractivity contribution >= 4 is 35.0 Å². The van der Waals surface area contributed by atoms with Gasteiger partial charge in [-0.2, -0.15) is 0 Å². The molecule has 1 saturated carbocycles. The van der Waals surface area contributed by atoms with Gasteiger partial charge in [-0.3, -0.25) is 20.0 Å². The number of amides is 2. The molecule has 0 radical (unpaired) electrons. The van der Waals surface area contributed by atoms with E-state index in [9.17, 15) is 9.59 Å². The number of amidine groups is 1. The zero-order valence-electron chi connectivity index (χ0n) is 29.3. The van der Waals surface area contributed by atoms with Crippen LogP contribution >= 0.6 is 11.6 Å². The van der Waals surface area contributed by atoms with Crippen LogP contribution in [0, 0.1) is 11.3 Å². The van der Waals surface area contributed by atoms with Gasteiger partial charge in [0.1, 0.15) is 17.2 Å². The highest BCUT2D eigenvalue weighted by atomic mass is 35.5. The minimum atomic E-state index is -0.727. The number of hydrogen-bond donors (Lipinski definition) is 3. The highest BCUT2D eigenvalue weighted by Gasteiger charge is 2.51. The van der Waals surface area contributed by atoms with Crippen LogP contribution in [0.5, 0.6) is 0 Å². The van der Waals surface area contributed by atoms with Crippen molar-refractivity contribution in [1.29, 1.82) is 5.41 Å². The van der Waals surface area contributed by atoms with Gasteiger partial charge in [-0.05, 0) is 81.6 Å². The van der Waals surface area contributed by atoms with E-state index in [1.807, 2.05) is 37.8 Å². The number of carbonyl (C=O) groups is 2. The van der Waals surface area contributed by atoms with Gasteiger partial charge in [0.05, 0.1) is 18.7 Å². The summed E-state index contributed by atoms with van der Waals surface area (Å²) >= 11 is 6.32. The Kier molecular flexibility index (Phi) is 18.4. The lowest BCUT2D eigenvalue weighted by Crippen LogP contribution is -2.53. The lowest BCUT2D eigenvalue weighted by atomic mass is 9.91. The number of nitrogens with two attached hydrogens (primary N) is 1. The second-order valence-electron chi connectivity index (χ2n) is 12.0. The van der Waals surface area contributed by atoms with Gasteiger partial charge in [-0.15, -0.1) is 0 Å². The number of rotatable bonds is 13. The molecule has 3 rings (SSSR count). The van der Waals surface area contributed by atoms with Gasteiger partial charge < -0.3 is 20.7 Å². The fourth-order valence-electron chi connectivity index (χ4n) is 5.55. The summed E-state index contributed by atoms with van der Waals surface area (Å²) in [5.74, 6) is -0.283. The Bertz CT molecular complexity index is 1240. The van der Waals surface area contributed by atoms with Crippen LogP contribution in [0.3, 0.4) is 0 Å². The largest absolute Gasteiger partial charge is 0.386 e. The second-order valence-corrected chi connectivity index (χ2v) is 12.4. The highest BCUT2D eigenvalue weighted by Crippen LogP contribution is 2.43. The Morgan fingerprint density at radius 2 is 1.87 bits per heavy atom. The summed E-state index contributed by atoms with van der Waals surface area (Å²) < 4.78 is 6.00. The van der Waals surface area contributed by atoms with Crippen molar-refractivity contribution in [2.75, 3.05) is 13.2 Å². The summed E-state index contributed by atoms with van der Waals surface area (Å²) in [5, 5.41) is 10.4. The summed E-state index contributed by atoms with van der Waals surface area (Å²) in [6.45, 7) is 23.4. The molecule has 1 aliphatic heterocycles. The summed E-state index contributed by atoms with van der Waals surface area (Å²) in [4.78, 5) is 33.9. The van der Waals surface area contributed by atoms with E-state index in [-0.39, 0.29) is 36.0 Å². The third-order valence-corrected chi connectivity index (χ3v) is 7.88. The van der Waals surface area contributed by atoms with Crippen LogP contribution in [0.4, 0.5) is 0 Å². The molecule has 3 unspecified atom stereocenters. The number of ether oxygens (including phenoxy) is 1. The first kappa shape index (κ1) is 40.8. The van der Waals surface area contributed by atoms with E-state index < -0.39 is 11.6 Å². The van der Waals surface area contributed by atoms with Gasteiger partial charge >= 0.3 is 0 Å². The standard InChI is InChI=1S/C32H44ClN5O3.C3H8.C2H6/c1-6-41-26-11-8-17-32(18-16-26)37-29(24-9-7-10-25(33)19-24)31(40)38(32)27(15-12-21(2)3)22(4)13-14-23(5)30(39)36-20-28(34)35;1-3-2;1-2/h7,9-10,13-14,19,21,26-27H,4-6,8,11-12,15-18,20H2,1-3H3,(H3,34,35)(H,36,39);3H2,1-2H3;1-2H3/b14-13-;;. The smallest absolute Gasteiger partial charge is 0.275 e. The number of benzene rings is 1. The summed E-state index contributed by atoms with van der Waals surface area (Å²) in [5.41, 5.74) is 6.66. The van der Waals surface area contributed by atoms with Crippen LogP contribution in [0.15, 0.2) is 65.7 Å². The third-order valence-electron chi connectivity index (χ3n) is 7.65. The van der Waals surface area contributed by atoms with E-state index in [1.165, 1.54) is 6.42 Å². The molecule has 0 aromatic heterocycles. The number of carbonyl (C=O) groups excluding carboxylic acids is 2. The topological polar surface area (TPSA) is 121 Å². The Morgan fingerprint density at radius 3 is 2.46 bits per heavy atom. The predicted molar refractivity (Wildman–Crippen MR) is 194 cm³/mol. The minimum Gasteiger partial charge on any atom is -0.386 e. The maximum Gasteiger partial charge on any atom is 0.275 e. The molecule has 1 fully saturated rings. The second kappa shape index (κ2) is 20.8. The summed E-state index contributed by atoms with van der Waals surface area (Å²) in [6.07, 6.45) is 10.3. The maximum atomic E-state index is 14.3.